The van der Waals surface area contributed by atoms with E-state index in [0.29, 0.717) is 18.4 Å². The number of rotatable bonds is 2. The summed E-state index contributed by atoms with van der Waals surface area (Å²) in [6.45, 7) is 0. The maximum atomic E-state index is 13.7. The van der Waals surface area contributed by atoms with Gasteiger partial charge in [0.1, 0.15) is 0 Å². The zero-order valence-corrected chi connectivity index (χ0v) is 10.4. The first-order valence-corrected chi connectivity index (χ1v) is 6.33. The van der Waals surface area contributed by atoms with E-state index in [1.165, 1.54) is 13.2 Å². The van der Waals surface area contributed by atoms with E-state index in [4.69, 9.17) is 9.47 Å². The second-order valence-electron chi connectivity index (χ2n) is 5.22. The molecule has 2 fully saturated rings. The number of halogens is 1. The summed E-state index contributed by atoms with van der Waals surface area (Å²) in [6.07, 6.45) is 3.16. The molecule has 2 aliphatic heterocycles. The molecule has 1 aromatic rings. The van der Waals surface area contributed by atoms with Gasteiger partial charge in [0, 0.05) is 18.4 Å². The summed E-state index contributed by atoms with van der Waals surface area (Å²) in [5, 5.41) is 10.8. The average Bonchev–Trinajstić information content (AvgIpc) is 2.69. The molecular weight excluding hydrogens is 235 g/mol. The van der Waals surface area contributed by atoms with Crippen molar-refractivity contribution in [2.24, 2.45) is 0 Å². The van der Waals surface area contributed by atoms with E-state index in [-0.39, 0.29) is 18.0 Å². The van der Waals surface area contributed by atoms with Crippen molar-refractivity contribution in [1.29, 1.82) is 0 Å². The number of hydrogen-bond donors (Lipinski definition) is 1. The van der Waals surface area contributed by atoms with Crippen LogP contribution in [0.2, 0.25) is 0 Å². The first kappa shape index (κ1) is 11.9. The van der Waals surface area contributed by atoms with Crippen LogP contribution in [0.25, 0.3) is 0 Å². The fraction of sp³-hybridized carbons (Fsp3) is 0.571. The molecule has 0 radical (unpaired) electrons. The number of para-hydroxylation sites is 1. The number of hydrogen-bond acceptors (Lipinski definition) is 3. The summed E-state index contributed by atoms with van der Waals surface area (Å²) in [7, 11) is 1.43. The quantitative estimate of drug-likeness (QED) is 0.878. The standard InChI is InChI=1S/C14H17FO3/c1-17-13-11(3-2-4-12(13)15)14(16)7-9-5-6-10(8-14)18-9/h2-4,9-10,16H,5-8H2,1H3. The van der Waals surface area contributed by atoms with E-state index < -0.39 is 11.4 Å². The SMILES string of the molecule is COc1c(F)cccc1C1(O)CC2CCC(C1)O2. The molecule has 2 saturated heterocycles. The summed E-state index contributed by atoms with van der Waals surface area (Å²) in [5.74, 6) is -0.274. The Bertz CT molecular complexity index is 448. The minimum absolute atomic E-state index is 0.0849. The number of benzene rings is 1. The molecule has 1 aromatic carbocycles. The van der Waals surface area contributed by atoms with Gasteiger partial charge in [-0.15, -0.1) is 0 Å². The monoisotopic (exact) mass is 252 g/mol. The molecule has 98 valence electrons. The van der Waals surface area contributed by atoms with Crippen LogP contribution < -0.4 is 4.74 Å². The van der Waals surface area contributed by atoms with Crippen molar-refractivity contribution in [3.8, 4) is 5.75 Å². The van der Waals surface area contributed by atoms with Crippen molar-refractivity contribution in [3.63, 3.8) is 0 Å². The van der Waals surface area contributed by atoms with Gasteiger partial charge in [-0.2, -0.15) is 0 Å². The molecule has 0 aliphatic carbocycles. The Balaban J connectivity index is 2.01. The molecule has 2 aliphatic rings. The van der Waals surface area contributed by atoms with Crippen LogP contribution in [-0.2, 0) is 10.3 Å². The Morgan fingerprint density at radius 3 is 2.61 bits per heavy atom. The molecule has 2 heterocycles. The highest BCUT2D eigenvalue weighted by molar-refractivity contribution is 5.40. The van der Waals surface area contributed by atoms with Crippen LogP contribution in [0.5, 0.6) is 5.75 Å². The maximum absolute atomic E-state index is 13.7. The molecule has 3 rings (SSSR count). The van der Waals surface area contributed by atoms with Gasteiger partial charge in [0.25, 0.3) is 0 Å². The summed E-state index contributed by atoms with van der Waals surface area (Å²) in [4.78, 5) is 0. The number of aliphatic hydroxyl groups is 1. The zero-order valence-electron chi connectivity index (χ0n) is 10.4. The van der Waals surface area contributed by atoms with E-state index >= 15 is 0 Å². The fourth-order valence-corrected chi connectivity index (χ4v) is 3.22. The predicted molar refractivity (Wildman–Crippen MR) is 64.0 cm³/mol. The van der Waals surface area contributed by atoms with Gasteiger partial charge in [-0.05, 0) is 18.9 Å². The average molecular weight is 252 g/mol. The van der Waals surface area contributed by atoms with Gasteiger partial charge >= 0.3 is 0 Å². The van der Waals surface area contributed by atoms with Crippen molar-refractivity contribution in [2.75, 3.05) is 7.11 Å². The summed E-state index contributed by atoms with van der Waals surface area (Å²) >= 11 is 0. The molecule has 0 amide bonds. The zero-order chi connectivity index (χ0) is 12.8. The van der Waals surface area contributed by atoms with Gasteiger partial charge in [0.05, 0.1) is 24.9 Å². The molecule has 0 saturated carbocycles. The lowest BCUT2D eigenvalue weighted by molar-refractivity contribution is -0.116. The van der Waals surface area contributed by atoms with Gasteiger partial charge in [0.15, 0.2) is 11.6 Å². The third kappa shape index (κ3) is 1.80. The maximum Gasteiger partial charge on any atom is 0.165 e. The predicted octanol–water partition coefficient (Wildman–Crippen LogP) is 2.36. The van der Waals surface area contributed by atoms with Crippen molar-refractivity contribution < 1.29 is 19.0 Å². The smallest absolute Gasteiger partial charge is 0.165 e. The van der Waals surface area contributed by atoms with Gasteiger partial charge in [-0.25, -0.2) is 4.39 Å². The normalized spacial score (nSPS) is 34.6. The lowest BCUT2D eigenvalue weighted by Gasteiger charge is -2.37. The van der Waals surface area contributed by atoms with Crippen molar-refractivity contribution in [3.05, 3.63) is 29.6 Å². The Morgan fingerprint density at radius 1 is 1.33 bits per heavy atom. The van der Waals surface area contributed by atoms with Crippen LogP contribution in [-0.4, -0.2) is 24.4 Å². The third-order valence-corrected chi connectivity index (χ3v) is 4.00. The van der Waals surface area contributed by atoms with Crippen LogP contribution >= 0.6 is 0 Å². The lowest BCUT2D eigenvalue weighted by atomic mass is 9.83. The number of ether oxygens (including phenoxy) is 2. The van der Waals surface area contributed by atoms with Crippen LogP contribution in [0.1, 0.15) is 31.2 Å². The minimum atomic E-state index is -1.03. The first-order chi connectivity index (χ1) is 8.62. The molecule has 0 spiro atoms. The van der Waals surface area contributed by atoms with E-state index in [1.807, 2.05) is 0 Å². The molecule has 4 heteroatoms. The van der Waals surface area contributed by atoms with Crippen LogP contribution in [0, 0.1) is 5.82 Å². The van der Waals surface area contributed by atoms with Crippen molar-refractivity contribution in [1.82, 2.24) is 0 Å². The Kier molecular flexibility index (Phi) is 2.79. The van der Waals surface area contributed by atoms with Crippen LogP contribution in [0.15, 0.2) is 18.2 Å². The van der Waals surface area contributed by atoms with Crippen molar-refractivity contribution >= 4 is 0 Å². The molecule has 18 heavy (non-hydrogen) atoms. The lowest BCUT2D eigenvalue weighted by Crippen LogP contribution is -2.39. The van der Waals surface area contributed by atoms with Gasteiger partial charge in [-0.3, -0.25) is 0 Å². The van der Waals surface area contributed by atoms with Crippen LogP contribution in [0.3, 0.4) is 0 Å². The molecule has 2 atom stereocenters. The largest absolute Gasteiger partial charge is 0.493 e. The third-order valence-electron chi connectivity index (χ3n) is 4.00. The fourth-order valence-electron chi connectivity index (χ4n) is 3.22. The number of methoxy groups -OCH3 is 1. The molecule has 2 bridgehead atoms. The highest BCUT2D eigenvalue weighted by Crippen LogP contribution is 2.46. The summed E-state index contributed by atoms with van der Waals surface area (Å²) in [6, 6.07) is 4.70. The van der Waals surface area contributed by atoms with Gasteiger partial charge in [-0.1, -0.05) is 12.1 Å². The van der Waals surface area contributed by atoms with E-state index in [0.717, 1.165) is 12.8 Å². The minimum Gasteiger partial charge on any atom is -0.493 e. The number of fused-ring (bicyclic) bond motifs is 2. The Labute approximate surface area is 106 Å². The highest BCUT2D eigenvalue weighted by atomic mass is 19.1. The van der Waals surface area contributed by atoms with Crippen molar-refractivity contribution in [2.45, 2.75) is 43.5 Å². The summed E-state index contributed by atoms with van der Waals surface area (Å²) in [5.41, 5.74) is -0.484. The second kappa shape index (κ2) is 4.21. The van der Waals surface area contributed by atoms with E-state index in [1.54, 1.807) is 12.1 Å². The summed E-state index contributed by atoms with van der Waals surface area (Å²) < 4.78 is 24.6. The molecular formula is C14H17FO3. The topological polar surface area (TPSA) is 38.7 Å². The Morgan fingerprint density at radius 2 is 2.00 bits per heavy atom. The van der Waals surface area contributed by atoms with Gasteiger partial charge in [0.2, 0.25) is 0 Å². The molecule has 0 aromatic heterocycles. The van der Waals surface area contributed by atoms with E-state index in [9.17, 15) is 9.50 Å². The van der Waals surface area contributed by atoms with E-state index in [2.05, 4.69) is 0 Å². The second-order valence-corrected chi connectivity index (χ2v) is 5.22. The molecule has 3 nitrogen and oxygen atoms in total. The molecule has 1 N–H and O–H groups in total. The Hall–Kier alpha value is -1.13. The molecule has 2 unspecified atom stereocenters. The first-order valence-electron chi connectivity index (χ1n) is 6.33. The van der Waals surface area contributed by atoms with Crippen LogP contribution in [0.4, 0.5) is 4.39 Å². The van der Waals surface area contributed by atoms with Gasteiger partial charge < -0.3 is 14.6 Å². The highest BCUT2D eigenvalue weighted by Gasteiger charge is 2.46.